The van der Waals surface area contributed by atoms with Crippen molar-refractivity contribution in [2.45, 2.75) is 42.6 Å². The van der Waals surface area contributed by atoms with Gasteiger partial charge in [-0.3, -0.25) is 4.79 Å². The fourth-order valence-corrected chi connectivity index (χ4v) is 4.53. The van der Waals surface area contributed by atoms with Crippen LogP contribution in [0.1, 0.15) is 36.3 Å². The molecule has 4 rings (SSSR count). The smallest absolute Gasteiger partial charge is 0.311 e. The van der Waals surface area contributed by atoms with E-state index in [4.69, 9.17) is 21.5 Å². The summed E-state index contributed by atoms with van der Waals surface area (Å²) in [5.41, 5.74) is 1.46. The number of amides is 1. The Morgan fingerprint density at radius 3 is 2.62 bits per heavy atom. The van der Waals surface area contributed by atoms with E-state index in [1.165, 1.54) is 6.07 Å². The van der Waals surface area contributed by atoms with Gasteiger partial charge in [-0.1, -0.05) is 35.9 Å². The molecule has 168 valence electrons. The highest BCUT2D eigenvalue weighted by Crippen LogP contribution is 2.29. The monoisotopic (exact) mass is 474 g/mol. The summed E-state index contributed by atoms with van der Waals surface area (Å²) in [6.45, 7) is 0.298. The lowest BCUT2D eigenvalue weighted by atomic mass is 9.96. The zero-order chi connectivity index (χ0) is 22.7. The van der Waals surface area contributed by atoms with Crippen molar-refractivity contribution >= 4 is 45.5 Å². The lowest BCUT2D eigenvalue weighted by Crippen LogP contribution is -2.27. The van der Waals surface area contributed by atoms with Crippen LogP contribution in [0.3, 0.4) is 0 Å². The van der Waals surface area contributed by atoms with E-state index in [9.17, 15) is 13.2 Å². The highest BCUT2D eigenvalue weighted by molar-refractivity contribution is 7.89. The molecule has 1 aliphatic carbocycles. The molecule has 3 N–H and O–H groups in total. The second-order valence-electron chi connectivity index (χ2n) is 7.79. The van der Waals surface area contributed by atoms with Gasteiger partial charge >= 0.3 is 6.02 Å². The number of anilines is 1. The Labute approximate surface area is 191 Å². The molecule has 10 heteroatoms. The second kappa shape index (κ2) is 9.40. The van der Waals surface area contributed by atoms with Crippen molar-refractivity contribution in [3.8, 4) is 0 Å². The molecule has 1 amide bonds. The third-order valence-corrected chi connectivity index (χ3v) is 6.76. The lowest BCUT2D eigenvalue weighted by molar-refractivity contribution is -0.115. The van der Waals surface area contributed by atoms with E-state index in [1.54, 1.807) is 42.6 Å². The van der Waals surface area contributed by atoms with Gasteiger partial charge in [-0.25, -0.2) is 23.5 Å². The van der Waals surface area contributed by atoms with Crippen molar-refractivity contribution in [2.75, 3.05) is 11.9 Å². The normalized spacial score (nSPS) is 18.6. The minimum absolute atomic E-state index is 0.0555. The molecule has 1 fully saturated rings. The number of nitrogens with zero attached hydrogens (tertiary/aromatic N) is 2. The Kier molecular flexibility index (Phi) is 6.59. The minimum Gasteiger partial charge on any atom is -0.460 e. The molecule has 1 saturated carbocycles. The molecule has 2 aromatic carbocycles. The van der Waals surface area contributed by atoms with Gasteiger partial charge in [-0.2, -0.15) is 0 Å². The summed E-state index contributed by atoms with van der Waals surface area (Å²) in [7, 11) is -4.05. The summed E-state index contributed by atoms with van der Waals surface area (Å²) in [5, 5.41) is 8.65. The molecule has 1 aliphatic heterocycles. The van der Waals surface area contributed by atoms with E-state index >= 15 is 0 Å². The van der Waals surface area contributed by atoms with Crippen LogP contribution in [-0.4, -0.2) is 39.2 Å². The summed E-state index contributed by atoms with van der Waals surface area (Å²) >= 11 is 6.10. The Hall–Kier alpha value is -2.75. The van der Waals surface area contributed by atoms with Crippen molar-refractivity contribution in [1.82, 2.24) is 0 Å². The number of aliphatic imine (C=N–C) groups is 2. The highest BCUT2D eigenvalue weighted by Gasteiger charge is 2.25. The van der Waals surface area contributed by atoms with Crippen LogP contribution in [-0.2, 0) is 26.0 Å². The predicted molar refractivity (Wildman–Crippen MR) is 124 cm³/mol. The quantitative estimate of drug-likeness (QED) is 0.666. The number of primary sulfonamides is 1. The van der Waals surface area contributed by atoms with Crippen LogP contribution >= 0.6 is 11.6 Å². The second-order valence-corrected chi connectivity index (χ2v) is 9.73. The highest BCUT2D eigenvalue weighted by atomic mass is 35.5. The van der Waals surface area contributed by atoms with Crippen LogP contribution in [0.2, 0.25) is 5.02 Å². The number of hydrogen-bond donors (Lipinski definition) is 2. The van der Waals surface area contributed by atoms with Gasteiger partial charge in [-0.05, 0) is 48.6 Å². The summed E-state index contributed by atoms with van der Waals surface area (Å²) < 4.78 is 30.2. The van der Waals surface area contributed by atoms with Gasteiger partial charge in [0.15, 0.2) is 0 Å². The molecule has 8 nitrogen and oxygen atoms in total. The van der Waals surface area contributed by atoms with Crippen LogP contribution < -0.4 is 10.5 Å². The summed E-state index contributed by atoms with van der Waals surface area (Å²) in [6.07, 6.45) is 4.98. The van der Waals surface area contributed by atoms with Crippen LogP contribution in [0, 0.1) is 0 Å². The molecule has 1 atom stereocenters. The van der Waals surface area contributed by atoms with Gasteiger partial charge in [0.2, 0.25) is 15.9 Å². The van der Waals surface area contributed by atoms with Crippen molar-refractivity contribution in [1.29, 1.82) is 0 Å². The van der Waals surface area contributed by atoms with E-state index in [0.29, 0.717) is 34.4 Å². The Balaban J connectivity index is 1.49. The molecule has 32 heavy (non-hydrogen) atoms. The van der Waals surface area contributed by atoms with E-state index in [-0.39, 0.29) is 29.2 Å². The molecule has 0 saturated heterocycles. The zero-order valence-electron chi connectivity index (χ0n) is 17.2. The van der Waals surface area contributed by atoms with E-state index in [2.05, 4.69) is 15.3 Å². The fraction of sp³-hybridized carbons (Fsp3) is 0.318. The van der Waals surface area contributed by atoms with Crippen molar-refractivity contribution in [3.05, 3.63) is 58.6 Å². The van der Waals surface area contributed by atoms with Crippen LogP contribution in [0.5, 0.6) is 0 Å². The van der Waals surface area contributed by atoms with Gasteiger partial charge in [0, 0.05) is 22.8 Å². The number of amidine groups is 1. The first-order chi connectivity index (χ1) is 15.3. The Morgan fingerprint density at radius 1 is 1.22 bits per heavy atom. The molecular weight excluding hydrogens is 452 g/mol. The number of nitrogens with one attached hydrogen (secondary N) is 1. The van der Waals surface area contributed by atoms with E-state index < -0.39 is 10.0 Å². The van der Waals surface area contributed by atoms with Crippen LogP contribution in [0.15, 0.2) is 57.3 Å². The Morgan fingerprint density at radius 2 is 2.00 bits per heavy atom. The number of sulfonamides is 1. The summed E-state index contributed by atoms with van der Waals surface area (Å²) in [5.74, 6) is -0.697. The summed E-state index contributed by atoms with van der Waals surface area (Å²) in [4.78, 5) is 20.9. The number of hydrogen-bond acceptors (Lipinski definition) is 6. The number of carbonyl (C=O) groups excluding carboxylic acids is 1. The van der Waals surface area contributed by atoms with Crippen molar-refractivity contribution < 1.29 is 17.9 Å². The van der Waals surface area contributed by atoms with Crippen molar-refractivity contribution in [2.24, 2.45) is 15.1 Å². The molecule has 1 unspecified atom stereocenters. The number of carbonyl (C=O) groups is 1. The zero-order valence-corrected chi connectivity index (χ0v) is 18.8. The average Bonchev–Trinajstić information content (AvgIpc) is 2.72. The van der Waals surface area contributed by atoms with Gasteiger partial charge in [0.1, 0.15) is 6.10 Å². The molecule has 0 aromatic heterocycles. The third-order valence-electron chi connectivity index (χ3n) is 5.42. The molecular formula is C22H23ClN4O4S. The molecule has 0 bridgehead atoms. The van der Waals surface area contributed by atoms with Crippen molar-refractivity contribution in [3.63, 3.8) is 0 Å². The lowest BCUT2D eigenvalue weighted by Gasteiger charge is -2.27. The maximum atomic E-state index is 12.4. The number of benzene rings is 2. The molecule has 1 heterocycles. The largest absolute Gasteiger partial charge is 0.460 e. The maximum absolute atomic E-state index is 12.4. The van der Waals surface area contributed by atoms with Crippen LogP contribution in [0.4, 0.5) is 5.69 Å². The fourth-order valence-electron chi connectivity index (χ4n) is 3.49. The topological polar surface area (TPSA) is 123 Å². The number of halogens is 1. The molecule has 0 radical (unpaired) electrons. The van der Waals surface area contributed by atoms with E-state index in [1.807, 2.05) is 0 Å². The van der Waals surface area contributed by atoms with Gasteiger partial charge < -0.3 is 10.1 Å². The van der Waals surface area contributed by atoms with Crippen LogP contribution in [0.25, 0.3) is 0 Å². The SMILES string of the molecule is NS(=O)(=O)c1cc(NC(=O)Cc2ccccc2Cl)ccc1C1C=NC(OC2CCC2)=NC1. The molecule has 2 aromatic rings. The first kappa shape index (κ1) is 22.4. The Bertz CT molecular complexity index is 1190. The number of nitrogens with two attached hydrogens (primary N) is 1. The van der Waals surface area contributed by atoms with E-state index in [0.717, 1.165) is 19.3 Å². The minimum atomic E-state index is -4.05. The van der Waals surface area contributed by atoms with Gasteiger partial charge in [0.25, 0.3) is 0 Å². The first-order valence-electron chi connectivity index (χ1n) is 10.2. The number of ether oxygens (including phenoxy) is 1. The third kappa shape index (κ3) is 5.35. The predicted octanol–water partition coefficient (Wildman–Crippen LogP) is 3.26. The van der Waals surface area contributed by atoms with Gasteiger partial charge in [-0.15, -0.1) is 0 Å². The molecule has 0 spiro atoms. The average molecular weight is 475 g/mol. The van der Waals surface area contributed by atoms with Gasteiger partial charge in [0.05, 0.1) is 17.9 Å². The molecule has 2 aliphatic rings. The maximum Gasteiger partial charge on any atom is 0.311 e. The number of rotatable bonds is 6. The standard InChI is InChI=1S/C22H23ClN4O4S/c23-19-7-2-1-4-14(19)10-21(28)27-16-8-9-18(20(11-16)32(24,29)30)15-12-25-22(26-13-15)31-17-5-3-6-17/h1-2,4,7-9,11-12,15,17H,3,5-6,10,13H2,(H,27,28)(H2,24,29,30). The first-order valence-corrected chi connectivity index (χ1v) is 12.2. The summed E-state index contributed by atoms with van der Waals surface area (Å²) in [6, 6.07) is 12.0.